The van der Waals surface area contributed by atoms with E-state index < -0.39 is 0 Å². The molecule has 1 N–H and O–H groups in total. The van der Waals surface area contributed by atoms with Gasteiger partial charge in [0.05, 0.1) is 16.8 Å². The van der Waals surface area contributed by atoms with Crippen LogP contribution in [0.15, 0.2) is 70.5 Å². The van der Waals surface area contributed by atoms with Gasteiger partial charge in [-0.2, -0.15) is 5.10 Å². The molecule has 6 heteroatoms. The van der Waals surface area contributed by atoms with Gasteiger partial charge < -0.3 is 4.57 Å². The highest BCUT2D eigenvalue weighted by molar-refractivity contribution is 7.15. The van der Waals surface area contributed by atoms with Gasteiger partial charge in [-0.3, -0.25) is 5.43 Å². The SMILES string of the molecule is Cn1c2ccccc2c2cc(C=NNc3nc(-c4cccs4)cs3)ccc21. The summed E-state index contributed by atoms with van der Waals surface area (Å²) in [6, 6.07) is 19.0. The van der Waals surface area contributed by atoms with Gasteiger partial charge in [-0.15, -0.1) is 22.7 Å². The third-order valence-corrected chi connectivity index (χ3v) is 6.23. The number of para-hydroxylation sites is 1. The van der Waals surface area contributed by atoms with E-state index in [0.29, 0.717) is 0 Å². The zero-order valence-corrected chi connectivity index (χ0v) is 16.2. The first-order valence-corrected chi connectivity index (χ1v) is 10.3. The number of thiazole rings is 1. The van der Waals surface area contributed by atoms with Gasteiger partial charge in [0.25, 0.3) is 0 Å². The van der Waals surface area contributed by atoms with Gasteiger partial charge in [0.2, 0.25) is 5.13 Å². The third-order valence-electron chi connectivity index (χ3n) is 4.59. The summed E-state index contributed by atoms with van der Waals surface area (Å²) < 4.78 is 2.23. The molecule has 2 aromatic carbocycles. The molecule has 0 radical (unpaired) electrons. The van der Waals surface area contributed by atoms with Crippen molar-refractivity contribution >= 4 is 55.8 Å². The standard InChI is InChI=1S/C21H16N4S2/c1-25-18-6-3-2-5-15(18)16-11-14(8-9-19(16)25)12-22-24-21-23-17(13-27-21)20-7-4-10-26-20/h2-13H,1H3,(H,23,24). The number of nitrogens with zero attached hydrogens (tertiary/aromatic N) is 3. The zero-order chi connectivity index (χ0) is 18.2. The van der Waals surface area contributed by atoms with Gasteiger partial charge in [0.15, 0.2) is 0 Å². The first-order valence-electron chi connectivity index (χ1n) is 8.55. The molecule has 0 fully saturated rings. The van der Waals surface area contributed by atoms with Gasteiger partial charge in [-0.1, -0.05) is 30.3 Å². The van der Waals surface area contributed by atoms with Crippen molar-refractivity contribution in [2.45, 2.75) is 0 Å². The number of hydrogen-bond donors (Lipinski definition) is 1. The summed E-state index contributed by atoms with van der Waals surface area (Å²) in [6.07, 6.45) is 1.84. The normalized spacial score (nSPS) is 11.7. The molecule has 0 saturated heterocycles. The fourth-order valence-electron chi connectivity index (χ4n) is 3.29. The minimum Gasteiger partial charge on any atom is -0.344 e. The van der Waals surface area contributed by atoms with Crippen LogP contribution in [0.1, 0.15) is 5.56 Å². The maximum Gasteiger partial charge on any atom is 0.203 e. The summed E-state index contributed by atoms with van der Waals surface area (Å²) in [5.74, 6) is 0. The topological polar surface area (TPSA) is 42.2 Å². The third kappa shape index (κ3) is 2.93. The van der Waals surface area contributed by atoms with Crippen molar-refractivity contribution in [3.63, 3.8) is 0 Å². The predicted octanol–water partition coefficient (Wildman–Crippen LogP) is 5.96. The maximum absolute atomic E-state index is 4.58. The quantitative estimate of drug-likeness (QED) is 0.305. The highest BCUT2D eigenvalue weighted by Gasteiger charge is 2.08. The number of hydrogen-bond acceptors (Lipinski definition) is 5. The molecule has 3 heterocycles. The van der Waals surface area contributed by atoms with Crippen molar-refractivity contribution in [2.24, 2.45) is 12.1 Å². The number of hydrazone groups is 1. The van der Waals surface area contributed by atoms with Crippen molar-refractivity contribution in [1.82, 2.24) is 9.55 Å². The van der Waals surface area contributed by atoms with E-state index in [2.05, 4.69) is 81.0 Å². The van der Waals surface area contributed by atoms with Crippen LogP contribution in [0.2, 0.25) is 0 Å². The first kappa shape index (κ1) is 16.2. The van der Waals surface area contributed by atoms with Gasteiger partial charge in [-0.05, 0) is 35.2 Å². The molecular formula is C21H16N4S2. The van der Waals surface area contributed by atoms with E-state index >= 15 is 0 Å². The lowest BCUT2D eigenvalue weighted by atomic mass is 10.1. The highest BCUT2D eigenvalue weighted by Crippen LogP contribution is 2.29. The van der Waals surface area contributed by atoms with Crippen LogP contribution in [-0.4, -0.2) is 15.8 Å². The number of nitrogens with one attached hydrogen (secondary N) is 1. The molecule has 4 nitrogen and oxygen atoms in total. The summed E-state index contributed by atoms with van der Waals surface area (Å²) in [6.45, 7) is 0. The number of anilines is 1. The summed E-state index contributed by atoms with van der Waals surface area (Å²) in [7, 11) is 2.10. The summed E-state index contributed by atoms with van der Waals surface area (Å²) in [5, 5.41) is 11.8. The number of benzene rings is 2. The number of aromatic nitrogens is 2. The van der Waals surface area contributed by atoms with Gasteiger partial charge in [-0.25, -0.2) is 4.98 Å². The lowest BCUT2D eigenvalue weighted by molar-refractivity contribution is 1.01. The van der Waals surface area contributed by atoms with Crippen LogP contribution in [0.25, 0.3) is 32.4 Å². The van der Waals surface area contributed by atoms with E-state index in [1.807, 2.05) is 17.7 Å². The van der Waals surface area contributed by atoms with Crippen LogP contribution in [-0.2, 0) is 7.05 Å². The fourth-order valence-corrected chi connectivity index (χ4v) is 4.71. The van der Waals surface area contributed by atoms with E-state index in [0.717, 1.165) is 16.4 Å². The van der Waals surface area contributed by atoms with Crippen LogP contribution in [0.5, 0.6) is 0 Å². The second-order valence-corrected chi connectivity index (χ2v) is 8.04. The number of aryl methyl sites for hydroxylation is 1. The maximum atomic E-state index is 4.58. The molecule has 0 aliphatic rings. The van der Waals surface area contributed by atoms with E-state index in [9.17, 15) is 0 Å². The molecule has 5 aromatic rings. The van der Waals surface area contributed by atoms with E-state index in [4.69, 9.17) is 0 Å². The Balaban J connectivity index is 1.40. The van der Waals surface area contributed by atoms with Crippen LogP contribution < -0.4 is 5.43 Å². The van der Waals surface area contributed by atoms with Crippen LogP contribution in [0.3, 0.4) is 0 Å². The van der Waals surface area contributed by atoms with E-state index in [1.165, 1.54) is 26.7 Å². The van der Waals surface area contributed by atoms with Gasteiger partial charge in [0, 0.05) is 34.2 Å². The summed E-state index contributed by atoms with van der Waals surface area (Å²) in [5.41, 5.74) is 7.55. The van der Waals surface area contributed by atoms with E-state index in [1.54, 1.807) is 22.7 Å². The average Bonchev–Trinajstić information content (AvgIpc) is 3.43. The lowest BCUT2D eigenvalue weighted by Crippen LogP contribution is -1.90. The van der Waals surface area contributed by atoms with Gasteiger partial charge in [0.1, 0.15) is 0 Å². The smallest absolute Gasteiger partial charge is 0.203 e. The minimum atomic E-state index is 0.792. The largest absolute Gasteiger partial charge is 0.344 e. The number of fused-ring (bicyclic) bond motifs is 3. The molecule has 5 rings (SSSR count). The Kier molecular flexibility index (Phi) is 3.99. The Morgan fingerprint density at radius 1 is 1.00 bits per heavy atom. The van der Waals surface area contributed by atoms with Crippen molar-refractivity contribution in [2.75, 3.05) is 5.43 Å². The van der Waals surface area contributed by atoms with Gasteiger partial charge >= 0.3 is 0 Å². The molecule has 0 amide bonds. The monoisotopic (exact) mass is 388 g/mol. The molecule has 0 aliphatic heterocycles. The molecule has 3 aromatic heterocycles. The van der Waals surface area contributed by atoms with Crippen molar-refractivity contribution in [3.05, 3.63) is 70.9 Å². The van der Waals surface area contributed by atoms with Crippen molar-refractivity contribution < 1.29 is 0 Å². The van der Waals surface area contributed by atoms with Crippen molar-refractivity contribution in [3.8, 4) is 10.6 Å². The van der Waals surface area contributed by atoms with Crippen LogP contribution in [0, 0.1) is 0 Å². The zero-order valence-electron chi connectivity index (χ0n) is 14.6. The number of rotatable bonds is 4. The summed E-state index contributed by atoms with van der Waals surface area (Å²) in [4.78, 5) is 5.75. The average molecular weight is 389 g/mol. The molecule has 0 unspecified atom stereocenters. The van der Waals surface area contributed by atoms with Crippen LogP contribution >= 0.6 is 22.7 Å². The molecule has 0 aliphatic carbocycles. The molecule has 0 saturated carbocycles. The molecular weight excluding hydrogens is 372 g/mol. The molecule has 0 bridgehead atoms. The Hall–Kier alpha value is -2.96. The summed E-state index contributed by atoms with van der Waals surface area (Å²) >= 11 is 3.25. The second kappa shape index (κ2) is 6.64. The van der Waals surface area contributed by atoms with Crippen LogP contribution in [0.4, 0.5) is 5.13 Å². The molecule has 0 atom stereocenters. The second-order valence-electron chi connectivity index (χ2n) is 6.24. The van der Waals surface area contributed by atoms with E-state index in [-0.39, 0.29) is 0 Å². The Morgan fingerprint density at radius 2 is 1.89 bits per heavy atom. The Morgan fingerprint density at radius 3 is 2.78 bits per heavy atom. The molecule has 0 spiro atoms. The highest BCUT2D eigenvalue weighted by atomic mass is 32.1. The fraction of sp³-hybridized carbons (Fsp3) is 0.0476. The number of thiophene rings is 1. The molecule has 27 heavy (non-hydrogen) atoms. The first-order chi connectivity index (χ1) is 13.3. The predicted molar refractivity (Wildman–Crippen MR) is 117 cm³/mol. The Bertz CT molecular complexity index is 1260. The van der Waals surface area contributed by atoms with Crippen molar-refractivity contribution in [1.29, 1.82) is 0 Å². The lowest BCUT2D eigenvalue weighted by Gasteiger charge is -1.98. The molecule has 132 valence electrons. The minimum absolute atomic E-state index is 0.792. The Labute approximate surface area is 164 Å².